The van der Waals surface area contributed by atoms with Gasteiger partial charge in [-0.25, -0.2) is 13.4 Å². The third-order valence-corrected chi connectivity index (χ3v) is 6.39. The second kappa shape index (κ2) is 7.15. The molecule has 1 aromatic carbocycles. The molecule has 3 rings (SSSR count). The number of benzene rings is 1. The highest BCUT2D eigenvalue weighted by Gasteiger charge is 2.17. The molecule has 0 spiro atoms. The minimum atomic E-state index is -3.63. The standard InChI is InChI=1S/C18H15N3O3S2/c1-12-10-15(24-18-14(11-19)4-3-9-20-18)6-7-16(12)21-26(22,23)17-8-5-13(2)25-17/h3-10,21H,1-2H3. The summed E-state index contributed by atoms with van der Waals surface area (Å²) >= 11 is 1.21. The molecule has 0 amide bonds. The number of ether oxygens (including phenoxy) is 1. The second-order valence-electron chi connectivity index (χ2n) is 5.52. The van der Waals surface area contributed by atoms with Crippen LogP contribution < -0.4 is 9.46 Å². The van der Waals surface area contributed by atoms with Crippen molar-refractivity contribution in [3.8, 4) is 17.7 Å². The van der Waals surface area contributed by atoms with Crippen LogP contribution in [0.3, 0.4) is 0 Å². The Labute approximate surface area is 155 Å². The minimum Gasteiger partial charge on any atom is -0.438 e. The average Bonchev–Trinajstić information content (AvgIpc) is 3.05. The number of nitriles is 1. The number of pyridine rings is 1. The first-order chi connectivity index (χ1) is 12.4. The van der Waals surface area contributed by atoms with Gasteiger partial charge in [0.25, 0.3) is 10.0 Å². The van der Waals surface area contributed by atoms with Crippen LogP contribution in [0.2, 0.25) is 0 Å². The lowest BCUT2D eigenvalue weighted by Crippen LogP contribution is -2.12. The monoisotopic (exact) mass is 385 g/mol. The normalized spacial score (nSPS) is 11.0. The summed E-state index contributed by atoms with van der Waals surface area (Å²) < 4.78 is 33.4. The molecule has 2 heterocycles. The maximum atomic E-state index is 12.4. The average molecular weight is 385 g/mol. The third-order valence-electron chi connectivity index (χ3n) is 3.53. The third kappa shape index (κ3) is 3.85. The van der Waals surface area contributed by atoms with Crippen LogP contribution in [0, 0.1) is 25.2 Å². The molecule has 6 nitrogen and oxygen atoms in total. The molecule has 0 aliphatic carbocycles. The van der Waals surface area contributed by atoms with Crippen molar-refractivity contribution in [2.45, 2.75) is 18.1 Å². The Morgan fingerprint density at radius 3 is 2.65 bits per heavy atom. The van der Waals surface area contributed by atoms with Crippen molar-refractivity contribution < 1.29 is 13.2 Å². The van der Waals surface area contributed by atoms with Crippen LogP contribution in [0.25, 0.3) is 0 Å². The van der Waals surface area contributed by atoms with E-state index in [0.717, 1.165) is 4.88 Å². The van der Waals surface area contributed by atoms with Gasteiger partial charge in [-0.15, -0.1) is 11.3 Å². The van der Waals surface area contributed by atoms with Crippen molar-refractivity contribution in [3.05, 3.63) is 64.7 Å². The number of hydrogen-bond donors (Lipinski definition) is 1. The topological polar surface area (TPSA) is 92.1 Å². The highest BCUT2D eigenvalue weighted by Crippen LogP contribution is 2.29. The van der Waals surface area contributed by atoms with E-state index in [-0.39, 0.29) is 10.1 Å². The molecule has 0 bridgehead atoms. The summed E-state index contributed by atoms with van der Waals surface area (Å²) in [6, 6.07) is 13.6. The van der Waals surface area contributed by atoms with Crippen LogP contribution in [-0.2, 0) is 10.0 Å². The van der Waals surface area contributed by atoms with E-state index in [1.165, 1.54) is 17.5 Å². The van der Waals surface area contributed by atoms with Gasteiger partial charge >= 0.3 is 0 Å². The summed E-state index contributed by atoms with van der Waals surface area (Å²) in [4.78, 5) is 4.97. The van der Waals surface area contributed by atoms with E-state index in [9.17, 15) is 8.42 Å². The molecule has 0 fully saturated rings. The largest absolute Gasteiger partial charge is 0.438 e. The van der Waals surface area contributed by atoms with E-state index in [0.29, 0.717) is 22.6 Å². The molecule has 8 heteroatoms. The van der Waals surface area contributed by atoms with Gasteiger partial charge in [-0.2, -0.15) is 5.26 Å². The molecule has 0 aliphatic rings. The first-order valence-electron chi connectivity index (χ1n) is 7.62. The Hall–Kier alpha value is -2.89. The number of rotatable bonds is 5. The van der Waals surface area contributed by atoms with Gasteiger partial charge in [-0.05, 0) is 61.9 Å². The molecule has 26 heavy (non-hydrogen) atoms. The fourth-order valence-electron chi connectivity index (χ4n) is 2.23. The highest BCUT2D eigenvalue weighted by atomic mass is 32.2. The molecule has 2 aromatic heterocycles. The molecule has 0 saturated heterocycles. The molecule has 1 N–H and O–H groups in total. The predicted molar refractivity (Wildman–Crippen MR) is 100 cm³/mol. The first-order valence-corrected chi connectivity index (χ1v) is 9.92. The number of thiophene rings is 1. The molecule has 3 aromatic rings. The Bertz CT molecular complexity index is 1100. The predicted octanol–water partition coefficient (Wildman–Crippen LogP) is 4.22. The number of aromatic nitrogens is 1. The Morgan fingerprint density at radius 1 is 1.19 bits per heavy atom. The van der Waals surface area contributed by atoms with Gasteiger partial charge in [0.1, 0.15) is 21.6 Å². The van der Waals surface area contributed by atoms with E-state index in [1.54, 1.807) is 49.4 Å². The molecule has 0 saturated carbocycles. The van der Waals surface area contributed by atoms with Crippen molar-refractivity contribution >= 4 is 27.0 Å². The number of sulfonamides is 1. The number of aryl methyl sites for hydroxylation is 2. The van der Waals surface area contributed by atoms with E-state index in [4.69, 9.17) is 10.00 Å². The van der Waals surface area contributed by atoms with Crippen molar-refractivity contribution in [2.24, 2.45) is 0 Å². The van der Waals surface area contributed by atoms with Gasteiger partial charge in [0.2, 0.25) is 5.88 Å². The van der Waals surface area contributed by atoms with Gasteiger partial charge in [0, 0.05) is 11.1 Å². The van der Waals surface area contributed by atoms with Gasteiger partial charge < -0.3 is 4.74 Å². The summed E-state index contributed by atoms with van der Waals surface area (Å²) in [6.45, 7) is 3.63. The highest BCUT2D eigenvalue weighted by molar-refractivity contribution is 7.94. The minimum absolute atomic E-state index is 0.205. The molecule has 0 aliphatic heterocycles. The van der Waals surface area contributed by atoms with E-state index >= 15 is 0 Å². The summed E-state index contributed by atoms with van der Waals surface area (Å²) in [7, 11) is -3.63. The number of nitrogens with one attached hydrogen (secondary N) is 1. The number of hydrogen-bond acceptors (Lipinski definition) is 6. The van der Waals surface area contributed by atoms with E-state index in [1.807, 2.05) is 13.0 Å². The zero-order valence-corrected chi connectivity index (χ0v) is 15.7. The van der Waals surface area contributed by atoms with Crippen molar-refractivity contribution in [1.82, 2.24) is 4.98 Å². The maximum absolute atomic E-state index is 12.4. The molecular formula is C18H15N3O3S2. The zero-order chi connectivity index (χ0) is 18.7. The maximum Gasteiger partial charge on any atom is 0.271 e. The van der Waals surface area contributed by atoms with Gasteiger partial charge in [-0.1, -0.05) is 0 Å². The van der Waals surface area contributed by atoms with Crippen LogP contribution in [0.4, 0.5) is 5.69 Å². The van der Waals surface area contributed by atoms with E-state index in [2.05, 4.69) is 9.71 Å². The van der Waals surface area contributed by atoms with Gasteiger partial charge in [0.05, 0.1) is 5.69 Å². The van der Waals surface area contributed by atoms with E-state index < -0.39 is 10.0 Å². The van der Waals surface area contributed by atoms with Crippen LogP contribution in [0.1, 0.15) is 16.0 Å². The van der Waals surface area contributed by atoms with Crippen LogP contribution >= 0.6 is 11.3 Å². The van der Waals surface area contributed by atoms with Gasteiger partial charge in [0.15, 0.2) is 0 Å². The van der Waals surface area contributed by atoms with Crippen LogP contribution in [-0.4, -0.2) is 13.4 Å². The molecule has 0 atom stereocenters. The van der Waals surface area contributed by atoms with Crippen molar-refractivity contribution in [3.63, 3.8) is 0 Å². The smallest absolute Gasteiger partial charge is 0.271 e. The summed E-state index contributed by atoms with van der Waals surface area (Å²) in [5.41, 5.74) is 1.47. The lowest BCUT2D eigenvalue weighted by atomic mass is 10.2. The van der Waals surface area contributed by atoms with Crippen molar-refractivity contribution in [2.75, 3.05) is 4.72 Å². The lowest BCUT2D eigenvalue weighted by molar-refractivity contribution is 0.461. The fourth-order valence-corrected chi connectivity index (χ4v) is 4.65. The summed E-state index contributed by atoms with van der Waals surface area (Å²) in [5.74, 6) is 0.671. The quantitative estimate of drug-likeness (QED) is 0.710. The fraction of sp³-hybridized carbons (Fsp3) is 0.111. The SMILES string of the molecule is Cc1ccc(S(=O)(=O)Nc2ccc(Oc3ncccc3C#N)cc2C)s1. The summed E-state index contributed by atoms with van der Waals surface area (Å²) in [5, 5.41) is 9.09. The Kier molecular flexibility index (Phi) is 4.93. The number of nitrogens with zero attached hydrogens (tertiary/aromatic N) is 2. The van der Waals surface area contributed by atoms with Gasteiger partial charge in [-0.3, -0.25) is 4.72 Å². The lowest BCUT2D eigenvalue weighted by Gasteiger charge is -2.12. The molecule has 0 unspecified atom stereocenters. The second-order valence-corrected chi connectivity index (χ2v) is 8.71. The Balaban J connectivity index is 1.83. The molecule has 132 valence electrons. The molecule has 0 radical (unpaired) electrons. The first kappa shape index (κ1) is 17.9. The zero-order valence-electron chi connectivity index (χ0n) is 14.1. The van der Waals surface area contributed by atoms with Crippen LogP contribution in [0.5, 0.6) is 11.6 Å². The molecular weight excluding hydrogens is 370 g/mol. The van der Waals surface area contributed by atoms with Crippen LogP contribution in [0.15, 0.2) is 52.9 Å². The van der Waals surface area contributed by atoms with Crippen molar-refractivity contribution in [1.29, 1.82) is 5.26 Å². The Morgan fingerprint density at radius 2 is 2.00 bits per heavy atom. The number of anilines is 1. The summed E-state index contributed by atoms with van der Waals surface area (Å²) in [6.07, 6.45) is 1.54.